The van der Waals surface area contributed by atoms with E-state index in [0.717, 1.165) is 52.3 Å². The molecule has 6 nitrogen and oxygen atoms in total. The van der Waals surface area contributed by atoms with Crippen molar-refractivity contribution in [2.45, 2.75) is 19.8 Å². The van der Waals surface area contributed by atoms with E-state index in [-0.39, 0.29) is 17.2 Å². The molecule has 0 spiro atoms. The van der Waals surface area contributed by atoms with Crippen molar-refractivity contribution >= 4 is 44.9 Å². The van der Waals surface area contributed by atoms with Gasteiger partial charge in [-0.15, -0.1) is 11.3 Å². The van der Waals surface area contributed by atoms with E-state index in [0.29, 0.717) is 13.2 Å². The van der Waals surface area contributed by atoms with Gasteiger partial charge in [-0.05, 0) is 49.1 Å². The predicted molar refractivity (Wildman–Crippen MR) is 116 cm³/mol. The number of esters is 1. The van der Waals surface area contributed by atoms with Gasteiger partial charge in [0.1, 0.15) is 16.4 Å². The smallest absolute Gasteiger partial charge is 0.310 e. The van der Waals surface area contributed by atoms with Gasteiger partial charge in [0.25, 0.3) is 0 Å². The van der Waals surface area contributed by atoms with Crippen LogP contribution < -0.4 is 9.64 Å². The van der Waals surface area contributed by atoms with Gasteiger partial charge in [-0.3, -0.25) is 4.79 Å². The van der Waals surface area contributed by atoms with E-state index in [1.807, 2.05) is 31.2 Å². The number of halogens is 1. The molecular formula is C21H22ClN3O3S. The summed E-state index contributed by atoms with van der Waals surface area (Å²) in [6.45, 7) is 3.61. The summed E-state index contributed by atoms with van der Waals surface area (Å²) in [5.41, 5.74) is 2.11. The number of hydrogen-bond donors (Lipinski definition) is 0. The largest absolute Gasteiger partial charge is 0.497 e. The minimum atomic E-state index is -0.157. The lowest BCUT2D eigenvalue weighted by Gasteiger charge is -2.33. The van der Waals surface area contributed by atoms with Gasteiger partial charge in [-0.1, -0.05) is 12.1 Å². The Balaban J connectivity index is 1.75. The molecule has 152 valence electrons. The van der Waals surface area contributed by atoms with Gasteiger partial charge >= 0.3 is 5.97 Å². The average Bonchev–Trinajstić information content (AvgIpc) is 3.17. The SMILES string of the molecule is CCOC(=O)C1CCCN(c2nc(Cl)nc3scc(-c4ccc(OC)cc4)c23)C1. The number of hydrogen-bond acceptors (Lipinski definition) is 7. The first-order valence-corrected chi connectivity index (χ1v) is 10.9. The van der Waals surface area contributed by atoms with Crippen molar-refractivity contribution in [3.63, 3.8) is 0 Å². The lowest BCUT2D eigenvalue weighted by Crippen LogP contribution is -2.40. The molecule has 2 aromatic heterocycles. The Morgan fingerprint density at radius 1 is 1.31 bits per heavy atom. The summed E-state index contributed by atoms with van der Waals surface area (Å²) < 4.78 is 10.5. The summed E-state index contributed by atoms with van der Waals surface area (Å²) >= 11 is 7.78. The van der Waals surface area contributed by atoms with Crippen LogP contribution in [0.2, 0.25) is 5.28 Å². The van der Waals surface area contributed by atoms with E-state index in [4.69, 9.17) is 21.1 Å². The summed E-state index contributed by atoms with van der Waals surface area (Å²) in [5.74, 6) is 1.28. The standard InChI is InChI=1S/C21H22ClN3O3S/c1-3-28-20(26)14-5-4-10-25(11-14)18-17-16(12-29-19(17)24-21(22)23-18)13-6-8-15(27-2)9-7-13/h6-9,12,14H,3-5,10-11H2,1-2H3. The van der Waals surface area contributed by atoms with Crippen molar-refractivity contribution in [1.29, 1.82) is 0 Å². The Bertz CT molecular complexity index is 1020. The number of piperidine rings is 1. The zero-order chi connectivity index (χ0) is 20.4. The third kappa shape index (κ3) is 4.02. The summed E-state index contributed by atoms with van der Waals surface area (Å²) in [4.78, 5) is 24.3. The first kappa shape index (κ1) is 19.9. The van der Waals surface area contributed by atoms with E-state index in [2.05, 4.69) is 20.2 Å². The van der Waals surface area contributed by atoms with E-state index in [9.17, 15) is 4.79 Å². The van der Waals surface area contributed by atoms with Crippen LogP contribution in [0.4, 0.5) is 5.82 Å². The third-order valence-corrected chi connectivity index (χ3v) is 6.17. The Morgan fingerprint density at radius 2 is 2.10 bits per heavy atom. The number of rotatable bonds is 5. The van der Waals surface area contributed by atoms with Crippen LogP contribution in [0, 0.1) is 5.92 Å². The second-order valence-corrected chi connectivity index (χ2v) is 8.11. The maximum absolute atomic E-state index is 12.3. The molecule has 29 heavy (non-hydrogen) atoms. The number of ether oxygens (including phenoxy) is 2. The zero-order valence-corrected chi connectivity index (χ0v) is 17.9. The number of anilines is 1. The number of thiophene rings is 1. The van der Waals surface area contributed by atoms with E-state index >= 15 is 0 Å². The Morgan fingerprint density at radius 3 is 2.83 bits per heavy atom. The van der Waals surface area contributed by atoms with Gasteiger partial charge in [0, 0.05) is 24.0 Å². The molecule has 1 unspecified atom stereocenters. The topological polar surface area (TPSA) is 64.5 Å². The molecule has 3 heterocycles. The minimum Gasteiger partial charge on any atom is -0.497 e. The predicted octanol–water partition coefficient (Wildman–Crippen LogP) is 4.80. The number of methoxy groups -OCH3 is 1. The Kier molecular flexibility index (Phi) is 5.87. The van der Waals surface area contributed by atoms with Crippen LogP contribution in [0.15, 0.2) is 29.6 Å². The van der Waals surface area contributed by atoms with Gasteiger partial charge in [0.2, 0.25) is 5.28 Å². The van der Waals surface area contributed by atoms with Crippen LogP contribution in [-0.2, 0) is 9.53 Å². The van der Waals surface area contributed by atoms with E-state index in [1.54, 1.807) is 18.4 Å². The highest BCUT2D eigenvalue weighted by molar-refractivity contribution is 7.17. The Labute approximate surface area is 178 Å². The second kappa shape index (κ2) is 8.55. The molecule has 0 saturated carbocycles. The number of fused-ring (bicyclic) bond motifs is 1. The van der Waals surface area contributed by atoms with Crippen molar-refractivity contribution in [2.24, 2.45) is 5.92 Å². The van der Waals surface area contributed by atoms with Crippen LogP contribution in [0.25, 0.3) is 21.3 Å². The van der Waals surface area contributed by atoms with Gasteiger partial charge in [0.15, 0.2) is 0 Å². The molecule has 0 amide bonds. The number of carbonyl (C=O) groups is 1. The summed E-state index contributed by atoms with van der Waals surface area (Å²) in [6.07, 6.45) is 1.72. The second-order valence-electron chi connectivity index (χ2n) is 6.91. The molecule has 1 aliphatic rings. The van der Waals surface area contributed by atoms with Crippen LogP contribution in [0.1, 0.15) is 19.8 Å². The maximum atomic E-state index is 12.3. The highest BCUT2D eigenvalue weighted by Crippen LogP contribution is 2.40. The molecule has 0 radical (unpaired) electrons. The molecule has 1 saturated heterocycles. The first-order valence-electron chi connectivity index (χ1n) is 9.61. The van der Waals surface area contributed by atoms with Gasteiger partial charge < -0.3 is 14.4 Å². The lowest BCUT2D eigenvalue weighted by molar-refractivity contribution is -0.148. The van der Waals surface area contributed by atoms with Gasteiger partial charge in [-0.2, -0.15) is 4.98 Å². The molecule has 0 bridgehead atoms. The summed E-state index contributed by atoms with van der Waals surface area (Å²) in [7, 11) is 1.65. The molecule has 1 aromatic carbocycles. The average molecular weight is 432 g/mol. The normalized spacial score (nSPS) is 16.8. The number of benzene rings is 1. The van der Waals surface area contributed by atoms with Crippen LogP contribution >= 0.6 is 22.9 Å². The molecule has 8 heteroatoms. The lowest BCUT2D eigenvalue weighted by atomic mass is 9.97. The third-order valence-electron chi connectivity index (χ3n) is 5.13. The number of aromatic nitrogens is 2. The quantitative estimate of drug-likeness (QED) is 0.427. The van der Waals surface area contributed by atoms with Crippen LogP contribution in [0.5, 0.6) is 5.75 Å². The fourth-order valence-electron chi connectivity index (χ4n) is 3.73. The van der Waals surface area contributed by atoms with E-state index < -0.39 is 0 Å². The molecule has 1 aliphatic heterocycles. The maximum Gasteiger partial charge on any atom is 0.310 e. The van der Waals surface area contributed by atoms with Crippen molar-refractivity contribution in [3.05, 3.63) is 34.9 Å². The van der Waals surface area contributed by atoms with Gasteiger partial charge in [0.05, 0.1) is 25.0 Å². The molecule has 4 rings (SSSR count). The molecular weight excluding hydrogens is 410 g/mol. The molecule has 0 N–H and O–H groups in total. The van der Waals surface area contributed by atoms with Crippen LogP contribution in [-0.4, -0.2) is 42.7 Å². The summed E-state index contributed by atoms with van der Waals surface area (Å²) in [6, 6.07) is 7.92. The first-order chi connectivity index (χ1) is 14.1. The number of carbonyl (C=O) groups excluding carboxylic acids is 1. The van der Waals surface area contributed by atoms with Crippen molar-refractivity contribution in [1.82, 2.24) is 9.97 Å². The van der Waals surface area contributed by atoms with E-state index in [1.165, 1.54) is 0 Å². The summed E-state index contributed by atoms with van der Waals surface area (Å²) in [5, 5.41) is 3.26. The molecule has 0 aliphatic carbocycles. The zero-order valence-electron chi connectivity index (χ0n) is 16.4. The highest BCUT2D eigenvalue weighted by atomic mass is 35.5. The molecule has 1 atom stereocenters. The van der Waals surface area contributed by atoms with Crippen molar-refractivity contribution in [3.8, 4) is 16.9 Å². The fraction of sp³-hybridized carbons (Fsp3) is 0.381. The number of nitrogens with zero attached hydrogens (tertiary/aromatic N) is 3. The van der Waals surface area contributed by atoms with Crippen molar-refractivity contribution in [2.75, 3.05) is 31.7 Å². The van der Waals surface area contributed by atoms with Crippen LogP contribution in [0.3, 0.4) is 0 Å². The molecule has 1 fully saturated rings. The van der Waals surface area contributed by atoms with Crippen molar-refractivity contribution < 1.29 is 14.3 Å². The fourth-order valence-corrected chi connectivity index (χ4v) is 4.89. The minimum absolute atomic E-state index is 0.144. The Hall–Kier alpha value is -2.38. The molecule has 3 aromatic rings. The monoisotopic (exact) mass is 431 g/mol. The van der Waals surface area contributed by atoms with Gasteiger partial charge in [-0.25, -0.2) is 4.98 Å². The highest BCUT2D eigenvalue weighted by Gasteiger charge is 2.29.